The molecular formula is C32H37Cl2N3O6S. The van der Waals surface area contributed by atoms with E-state index < -0.39 is 16.1 Å². The number of sulfonamides is 1. The Morgan fingerprint density at radius 1 is 0.955 bits per heavy atom. The average Bonchev–Trinajstić information content (AvgIpc) is 3.46. The maximum absolute atomic E-state index is 14.0. The normalized spacial score (nSPS) is 13.7. The van der Waals surface area contributed by atoms with Gasteiger partial charge in [0.25, 0.3) is 0 Å². The molecule has 1 heterocycles. The summed E-state index contributed by atoms with van der Waals surface area (Å²) in [6.07, 6.45) is 2.35. The van der Waals surface area contributed by atoms with E-state index in [1.54, 1.807) is 41.3 Å². The summed E-state index contributed by atoms with van der Waals surface area (Å²) >= 11 is 12.4. The zero-order chi connectivity index (χ0) is 31.9. The van der Waals surface area contributed by atoms with Gasteiger partial charge in [0.05, 0.1) is 22.0 Å². The lowest BCUT2D eigenvalue weighted by atomic mass is 10.0. The molecule has 44 heavy (non-hydrogen) atoms. The van der Waals surface area contributed by atoms with Crippen molar-refractivity contribution < 1.29 is 27.5 Å². The number of hydrogen-bond acceptors (Lipinski definition) is 6. The molecule has 0 fully saturated rings. The molecule has 1 aliphatic rings. The van der Waals surface area contributed by atoms with E-state index in [9.17, 15) is 18.0 Å². The van der Waals surface area contributed by atoms with Gasteiger partial charge in [-0.2, -0.15) is 0 Å². The number of rotatable bonds is 14. The highest BCUT2D eigenvalue weighted by Gasteiger charge is 2.31. The van der Waals surface area contributed by atoms with Crippen LogP contribution in [0.5, 0.6) is 11.5 Å². The van der Waals surface area contributed by atoms with Crippen molar-refractivity contribution in [1.82, 2.24) is 10.2 Å². The van der Waals surface area contributed by atoms with Gasteiger partial charge in [0.1, 0.15) is 6.04 Å². The van der Waals surface area contributed by atoms with Crippen LogP contribution in [0.3, 0.4) is 0 Å². The Morgan fingerprint density at radius 2 is 1.68 bits per heavy atom. The van der Waals surface area contributed by atoms with Crippen LogP contribution in [0.25, 0.3) is 0 Å². The second kappa shape index (κ2) is 15.0. The third kappa shape index (κ3) is 8.80. The molecule has 0 bridgehead atoms. The van der Waals surface area contributed by atoms with Gasteiger partial charge in [0, 0.05) is 38.0 Å². The monoisotopic (exact) mass is 661 g/mol. The van der Waals surface area contributed by atoms with Crippen LogP contribution >= 0.6 is 23.2 Å². The molecule has 0 radical (unpaired) electrons. The molecule has 236 valence electrons. The molecule has 1 N–H and O–H groups in total. The van der Waals surface area contributed by atoms with Crippen LogP contribution in [-0.2, 0) is 32.6 Å². The van der Waals surface area contributed by atoms with Crippen LogP contribution in [-0.4, -0.2) is 56.8 Å². The number of halogens is 2. The summed E-state index contributed by atoms with van der Waals surface area (Å²) in [6.45, 7) is 4.11. The molecule has 2 atom stereocenters. The van der Waals surface area contributed by atoms with Gasteiger partial charge in [-0.3, -0.25) is 13.9 Å². The fourth-order valence-electron chi connectivity index (χ4n) is 4.87. The minimum Gasteiger partial charge on any atom is -0.454 e. The van der Waals surface area contributed by atoms with Gasteiger partial charge in [-0.1, -0.05) is 66.5 Å². The maximum atomic E-state index is 14.0. The number of ether oxygens (including phenoxy) is 2. The van der Waals surface area contributed by atoms with Crippen LogP contribution in [0.2, 0.25) is 10.0 Å². The molecule has 3 aromatic carbocycles. The number of carbonyl (C=O) groups is 2. The van der Waals surface area contributed by atoms with Gasteiger partial charge in [0.2, 0.25) is 28.6 Å². The third-order valence-electron chi connectivity index (χ3n) is 7.41. The number of hydrogen-bond donors (Lipinski definition) is 1. The number of fused-ring (bicyclic) bond motifs is 1. The van der Waals surface area contributed by atoms with E-state index in [4.69, 9.17) is 32.7 Å². The minimum atomic E-state index is -3.68. The van der Waals surface area contributed by atoms with Crippen molar-refractivity contribution in [2.75, 3.05) is 23.9 Å². The van der Waals surface area contributed by atoms with E-state index in [2.05, 4.69) is 5.32 Å². The van der Waals surface area contributed by atoms with Crippen LogP contribution in [0.4, 0.5) is 5.69 Å². The first-order valence-corrected chi connectivity index (χ1v) is 17.0. The average molecular weight is 663 g/mol. The molecule has 0 saturated heterocycles. The fourth-order valence-corrected chi connectivity index (χ4v) is 6.15. The van der Waals surface area contributed by atoms with Crippen LogP contribution in [0.1, 0.15) is 44.2 Å². The quantitative estimate of drug-likeness (QED) is 0.233. The van der Waals surface area contributed by atoms with E-state index in [1.807, 2.05) is 44.2 Å². The number of benzene rings is 3. The predicted molar refractivity (Wildman–Crippen MR) is 173 cm³/mol. The zero-order valence-corrected chi connectivity index (χ0v) is 27.3. The number of nitrogens with one attached hydrogen (secondary N) is 1. The van der Waals surface area contributed by atoms with E-state index in [0.29, 0.717) is 39.2 Å². The molecule has 0 aliphatic carbocycles. The van der Waals surface area contributed by atoms with Crippen molar-refractivity contribution >= 4 is 50.7 Å². The molecular weight excluding hydrogens is 625 g/mol. The second-order valence-corrected chi connectivity index (χ2v) is 13.5. The molecule has 4 rings (SSSR count). The van der Waals surface area contributed by atoms with Gasteiger partial charge in [-0.25, -0.2) is 8.42 Å². The van der Waals surface area contributed by atoms with Crippen molar-refractivity contribution in [1.29, 1.82) is 0 Å². The van der Waals surface area contributed by atoms with Gasteiger partial charge in [0.15, 0.2) is 11.5 Å². The molecule has 2 amide bonds. The van der Waals surface area contributed by atoms with Gasteiger partial charge >= 0.3 is 0 Å². The van der Waals surface area contributed by atoms with E-state index in [1.165, 1.54) is 4.31 Å². The lowest BCUT2D eigenvalue weighted by molar-refractivity contribution is -0.141. The lowest BCUT2D eigenvalue weighted by Crippen LogP contribution is -2.52. The van der Waals surface area contributed by atoms with Gasteiger partial charge in [-0.05, 0) is 55.2 Å². The van der Waals surface area contributed by atoms with Crippen LogP contribution in [0.15, 0.2) is 66.7 Å². The second-order valence-electron chi connectivity index (χ2n) is 10.8. The maximum Gasteiger partial charge on any atom is 0.243 e. The Balaban J connectivity index is 1.60. The first kappa shape index (κ1) is 33.4. The van der Waals surface area contributed by atoms with E-state index in [-0.39, 0.29) is 50.6 Å². The highest BCUT2D eigenvalue weighted by Crippen LogP contribution is 2.36. The first-order chi connectivity index (χ1) is 21.0. The summed E-state index contributed by atoms with van der Waals surface area (Å²) in [5.74, 6) is 0.428. The molecule has 0 aromatic heterocycles. The van der Waals surface area contributed by atoms with Crippen molar-refractivity contribution in [3.05, 3.63) is 87.9 Å². The summed E-state index contributed by atoms with van der Waals surface area (Å²) in [7, 11) is -3.68. The molecule has 0 saturated carbocycles. The number of anilines is 1. The van der Waals surface area contributed by atoms with Gasteiger partial charge in [-0.15, -0.1) is 0 Å². The van der Waals surface area contributed by atoms with Gasteiger partial charge < -0.3 is 19.7 Å². The molecule has 3 aromatic rings. The summed E-state index contributed by atoms with van der Waals surface area (Å²) in [5, 5.41) is 3.76. The molecule has 2 unspecified atom stereocenters. The van der Waals surface area contributed by atoms with Crippen molar-refractivity contribution in [2.45, 2.75) is 58.2 Å². The number of amides is 2. The van der Waals surface area contributed by atoms with Crippen molar-refractivity contribution in [3.63, 3.8) is 0 Å². The van der Waals surface area contributed by atoms with E-state index >= 15 is 0 Å². The fraction of sp³-hybridized carbons (Fsp3) is 0.375. The molecule has 0 spiro atoms. The lowest BCUT2D eigenvalue weighted by Gasteiger charge is -2.33. The third-order valence-corrected chi connectivity index (χ3v) is 9.34. The largest absolute Gasteiger partial charge is 0.454 e. The molecule has 1 aliphatic heterocycles. The summed E-state index contributed by atoms with van der Waals surface area (Å²) in [4.78, 5) is 29.2. The first-order valence-electron chi connectivity index (χ1n) is 14.4. The zero-order valence-electron chi connectivity index (χ0n) is 25.0. The SMILES string of the molecule is CCC(C)NC(=O)C(Cc1ccccc1)N(Cc1ccc(Cl)c(Cl)c1)C(=O)CCCN(c1ccc2c(c1)OCO2)S(C)(=O)=O. The Bertz CT molecular complexity index is 1570. The highest BCUT2D eigenvalue weighted by molar-refractivity contribution is 7.92. The highest BCUT2D eigenvalue weighted by atomic mass is 35.5. The standard InChI is InChI=1S/C32H37Cl2N3O6S/c1-4-22(2)35-32(39)28(18-23-9-6-5-7-10-23)36(20-24-12-14-26(33)27(34)17-24)31(38)11-8-16-37(44(3,40)41)25-13-15-29-30(19-25)43-21-42-29/h5-7,9-10,12-15,17,19,22,28H,4,8,11,16,18,20-21H2,1-3H3,(H,35,39). The smallest absolute Gasteiger partial charge is 0.243 e. The molecule has 9 nitrogen and oxygen atoms in total. The van der Waals surface area contributed by atoms with E-state index in [0.717, 1.165) is 18.2 Å². The summed E-state index contributed by atoms with van der Waals surface area (Å²) < 4.78 is 37.5. The summed E-state index contributed by atoms with van der Waals surface area (Å²) in [5.41, 5.74) is 2.02. The topological polar surface area (TPSA) is 105 Å². The predicted octanol–water partition coefficient (Wildman–Crippen LogP) is 5.82. The Morgan fingerprint density at radius 3 is 2.36 bits per heavy atom. The Labute approximate surface area is 269 Å². The van der Waals surface area contributed by atoms with Crippen molar-refractivity contribution in [2.24, 2.45) is 0 Å². The molecule has 12 heteroatoms. The van der Waals surface area contributed by atoms with Crippen LogP contribution < -0.4 is 19.1 Å². The van der Waals surface area contributed by atoms with Crippen molar-refractivity contribution in [3.8, 4) is 11.5 Å². The summed E-state index contributed by atoms with van der Waals surface area (Å²) in [6, 6.07) is 18.6. The number of carbonyl (C=O) groups excluding carboxylic acids is 2. The Kier molecular flexibility index (Phi) is 11.4. The number of nitrogens with zero attached hydrogens (tertiary/aromatic N) is 2. The minimum absolute atomic E-state index is 0.000204. The van der Waals surface area contributed by atoms with Crippen LogP contribution in [0, 0.1) is 0 Å². The Hall–Kier alpha value is -3.47.